The monoisotopic (exact) mass is 257 g/mol. The molecule has 1 nitrogen and oxygen atoms in total. The summed E-state index contributed by atoms with van der Waals surface area (Å²) in [6, 6.07) is 8.47. The molecular formula is C17H20FN. The molecule has 0 aliphatic rings. The average molecular weight is 257 g/mol. The maximum atomic E-state index is 13.9. The van der Waals surface area contributed by atoms with Crippen LogP contribution in [-0.4, -0.2) is 0 Å². The van der Waals surface area contributed by atoms with Gasteiger partial charge in [-0.1, -0.05) is 24.3 Å². The van der Waals surface area contributed by atoms with Crippen molar-refractivity contribution in [2.75, 3.05) is 0 Å². The Hall–Kier alpha value is -1.67. The molecule has 2 heteroatoms. The van der Waals surface area contributed by atoms with Crippen molar-refractivity contribution < 1.29 is 4.39 Å². The molecule has 0 spiro atoms. The molecule has 100 valence electrons. The lowest BCUT2D eigenvalue weighted by molar-refractivity contribution is 0.598. The van der Waals surface area contributed by atoms with Gasteiger partial charge in [0.25, 0.3) is 0 Å². The zero-order valence-electron chi connectivity index (χ0n) is 11.9. The Bertz CT molecular complexity index is 591. The van der Waals surface area contributed by atoms with Gasteiger partial charge in [0.05, 0.1) is 6.04 Å². The molecular weight excluding hydrogens is 237 g/mol. The highest BCUT2D eigenvalue weighted by Crippen LogP contribution is 2.30. The summed E-state index contributed by atoms with van der Waals surface area (Å²) in [5.41, 5.74) is 12.6. The van der Waals surface area contributed by atoms with E-state index in [9.17, 15) is 4.39 Å². The van der Waals surface area contributed by atoms with Gasteiger partial charge in [0.2, 0.25) is 0 Å². The van der Waals surface area contributed by atoms with Gasteiger partial charge in [-0.2, -0.15) is 0 Å². The van der Waals surface area contributed by atoms with Crippen LogP contribution in [0.25, 0.3) is 0 Å². The van der Waals surface area contributed by atoms with E-state index < -0.39 is 6.04 Å². The normalized spacial score (nSPS) is 12.5. The van der Waals surface area contributed by atoms with Gasteiger partial charge in [0.1, 0.15) is 5.82 Å². The molecule has 0 saturated carbocycles. The summed E-state index contributed by atoms with van der Waals surface area (Å²) < 4.78 is 13.9. The minimum absolute atomic E-state index is 0.243. The molecule has 2 aromatic carbocycles. The highest BCUT2D eigenvalue weighted by Gasteiger charge is 2.19. The highest BCUT2D eigenvalue weighted by molar-refractivity contribution is 5.48. The van der Waals surface area contributed by atoms with Crippen LogP contribution in [0.15, 0.2) is 30.3 Å². The quantitative estimate of drug-likeness (QED) is 0.861. The smallest absolute Gasteiger partial charge is 0.128 e. The van der Waals surface area contributed by atoms with E-state index in [-0.39, 0.29) is 5.82 Å². The Kier molecular flexibility index (Phi) is 3.72. The largest absolute Gasteiger partial charge is 0.320 e. The molecule has 0 aromatic heterocycles. The second-order valence-corrected chi connectivity index (χ2v) is 5.17. The molecule has 0 bridgehead atoms. The van der Waals surface area contributed by atoms with Crippen LogP contribution in [0.4, 0.5) is 4.39 Å². The molecule has 0 saturated heterocycles. The molecule has 0 amide bonds. The summed E-state index contributed by atoms with van der Waals surface area (Å²) in [4.78, 5) is 0. The molecule has 2 N–H and O–H groups in total. The molecule has 0 aliphatic carbocycles. The van der Waals surface area contributed by atoms with E-state index in [0.29, 0.717) is 5.56 Å². The first-order valence-electron chi connectivity index (χ1n) is 6.50. The van der Waals surface area contributed by atoms with Gasteiger partial charge in [0, 0.05) is 5.56 Å². The molecule has 0 radical (unpaired) electrons. The Morgan fingerprint density at radius 1 is 0.947 bits per heavy atom. The van der Waals surface area contributed by atoms with Crippen molar-refractivity contribution in [1.82, 2.24) is 0 Å². The molecule has 0 fully saturated rings. The number of nitrogens with two attached hydrogens (primary N) is 1. The number of hydrogen-bond donors (Lipinski definition) is 1. The first-order chi connectivity index (χ1) is 8.93. The van der Waals surface area contributed by atoms with E-state index >= 15 is 0 Å². The van der Waals surface area contributed by atoms with Crippen LogP contribution in [0, 0.1) is 33.5 Å². The molecule has 0 aliphatic heterocycles. The lowest BCUT2D eigenvalue weighted by atomic mass is 9.87. The van der Waals surface area contributed by atoms with Gasteiger partial charge in [-0.25, -0.2) is 4.39 Å². The van der Waals surface area contributed by atoms with E-state index in [1.807, 2.05) is 6.07 Å². The van der Waals surface area contributed by atoms with E-state index in [1.54, 1.807) is 12.1 Å². The zero-order valence-corrected chi connectivity index (χ0v) is 11.9. The highest BCUT2D eigenvalue weighted by atomic mass is 19.1. The predicted molar refractivity (Wildman–Crippen MR) is 77.8 cm³/mol. The predicted octanol–water partition coefficient (Wildman–Crippen LogP) is 4.11. The topological polar surface area (TPSA) is 26.0 Å². The average Bonchev–Trinajstić information content (AvgIpc) is 2.37. The number of rotatable bonds is 2. The van der Waals surface area contributed by atoms with Gasteiger partial charge in [-0.05, 0) is 61.6 Å². The van der Waals surface area contributed by atoms with Gasteiger partial charge in [-0.3, -0.25) is 0 Å². The fourth-order valence-corrected chi connectivity index (χ4v) is 2.60. The fourth-order valence-electron chi connectivity index (χ4n) is 2.60. The number of hydrogen-bond acceptors (Lipinski definition) is 1. The van der Waals surface area contributed by atoms with Crippen LogP contribution in [0.1, 0.15) is 39.4 Å². The van der Waals surface area contributed by atoms with E-state index in [2.05, 4.69) is 33.8 Å². The van der Waals surface area contributed by atoms with E-state index in [4.69, 9.17) is 5.73 Å². The van der Waals surface area contributed by atoms with Crippen molar-refractivity contribution in [3.8, 4) is 0 Å². The van der Waals surface area contributed by atoms with Crippen molar-refractivity contribution in [1.29, 1.82) is 0 Å². The first kappa shape index (κ1) is 13.8. The second-order valence-electron chi connectivity index (χ2n) is 5.17. The third-order valence-electron chi connectivity index (χ3n) is 3.98. The molecule has 1 unspecified atom stereocenters. The second kappa shape index (κ2) is 5.14. The molecule has 2 rings (SSSR count). The van der Waals surface area contributed by atoms with Crippen LogP contribution in [0.2, 0.25) is 0 Å². The summed E-state index contributed by atoms with van der Waals surface area (Å²) in [7, 11) is 0. The maximum Gasteiger partial charge on any atom is 0.128 e. The molecule has 1 atom stereocenters. The van der Waals surface area contributed by atoms with Gasteiger partial charge < -0.3 is 5.73 Å². The van der Waals surface area contributed by atoms with E-state index in [1.165, 1.54) is 17.2 Å². The van der Waals surface area contributed by atoms with Crippen LogP contribution >= 0.6 is 0 Å². The Morgan fingerprint density at radius 2 is 1.47 bits per heavy atom. The summed E-state index contributed by atoms with van der Waals surface area (Å²) in [6.07, 6.45) is 0. The Morgan fingerprint density at radius 3 is 2.00 bits per heavy atom. The Labute approximate surface area is 114 Å². The van der Waals surface area contributed by atoms with Gasteiger partial charge in [0.15, 0.2) is 0 Å². The van der Waals surface area contributed by atoms with Gasteiger partial charge >= 0.3 is 0 Å². The molecule has 2 aromatic rings. The van der Waals surface area contributed by atoms with Crippen LogP contribution < -0.4 is 5.73 Å². The van der Waals surface area contributed by atoms with Crippen molar-refractivity contribution >= 4 is 0 Å². The molecule has 19 heavy (non-hydrogen) atoms. The van der Waals surface area contributed by atoms with Crippen molar-refractivity contribution in [3.63, 3.8) is 0 Å². The fraction of sp³-hybridized carbons (Fsp3) is 0.294. The standard InChI is InChI=1S/C17H20FN/c1-10-9-11(2)13(4)16(12(10)3)17(19)14-7-5-6-8-15(14)18/h5-9,17H,19H2,1-4H3. The summed E-state index contributed by atoms with van der Waals surface area (Å²) >= 11 is 0. The third kappa shape index (κ3) is 2.41. The van der Waals surface area contributed by atoms with Crippen LogP contribution in [0.5, 0.6) is 0 Å². The number of halogens is 1. The number of benzene rings is 2. The third-order valence-corrected chi connectivity index (χ3v) is 3.98. The molecule has 0 heterocycles. The SMILES string of the molecule is Cc1cc(C)c(C)c(C(N)c2ccccc2F)c1C. The summed E-state index contributed by atoms with van der Waals surface area (Å²) in [5.74, 6) is -0.243. The maximum absolute atomic E-state index is 13.9. The van der Waals surface area contributed by atoms with Crippen molar-refractivity contribution in [2.45, 2.75) is 33.7 Å². The lowest BCUT2D eigenvalue weighted by Crippen LogP contribution is -2.17. The lowest BCUT2D eigenvalue weighted by Gasteiger charge is -2.21. The number of aryl methyl sites for hydroxylation is 2. The zero-order chi connectivity index (χ0) is 14.2. The first-order valence-corrected chi connectivity index (χ1v) is 6.50. The van der Waals surface area contributed by atoms with E-state index in [0.717, 1.165) is 16.7 Å². The summed E-state index contributed by atoms with van der Waals surface area (Å²) in [5, 5.41) is 0. The van der Waals surface area contributed by atoms with Crippen LogP contribution in [0.3, 0.4) is 0 Å². The van der Waals surface area contributed by atoms with Crippen LogP contribution in [-0.2, 0) is 0 Å². The van der Waals surface area contributed by atoms with Crippen molar-refractivity contribution in [3.05, 3.63) is 69.5 Å². The minimum atomic E-state index is -0.417. The van der Waals surface area contributed by atoms with Gasteiger partial charge in [-0.15, -0.1) is 0 Å². The Balaban J connectivity index is 2.63. The summed E-state index contributed by atoms with van der Waals surface area (Å²) in [6.45, 7) is 8.24. The minimum Gasteiger partial charge on any atom is -0.320 e. The van der Waals surface area contributed by atoms with Crippen molar-refractivity contribution in [2.24, 2.45) is 5.73 Å².